The molecule has 3 nitrogen and oxygen atoms in total. The molecule has 0 saturated heterocycles. The number of hydrogen-bond donors (Lipinski definition) is 1. The standard InChI is InChI=1S/C18H19ClN2OS/c1-2-15-11-21(16-5-3-4-6-17(16)23-15)12-18(22)20-14-9-7-13(19)8-10-14/h3-10,15H,2,11-12H2,1H3,(H,20,22)/t15-/m1/s1. The van der Waals surface area contributed by atoms with Gasteiger partial charge in [-0.05, 0) is 42.8 Å². The summed E-state index contributed by atoms with van der Waals surface area (Å²) in [6, 6.07) is 15.5. The van der Waals surface area contributed by atoms with Crippen LogP contribution in [-0.2, 0) is 4.79 Å². The molecule has 1 heterocycles. The van der Waals surface area contributed by atoms with Crippen LogP contribution in [0.1, 0.15) is 13.3 Å². The number of fused-ring (bicyclic) bond motifs is 1. The van der Waals surface area contributed by atoms with Crippen LogP contribution in [0.2, 0.25) is 5.02 Å². The van der Waals surface area contributed by atoms with E-state index in [-0.39, 0.29) is 5.91 Å². The molecule has 0 fully saturated rings. The molecule has 0 aliphatic carbocycles. The molecule has 1 atom stereocenters. The quantitative estimate of drug-likeness (QED) is 0.873. The van der Waals surface area contributed by atoms with E-state index in [1.54, 1.807) is 12.1 Å². The van der Waals surface area contributed by atoms with Crippen LogP contribution >= 0.6 is 23.4 Å². The molecule has 5 heteroatoms. The SMILES string of the molecule is CC[C@@H]1CN(CC(=O)Nc2ccc(Cl)cc2)c2ccccc2S1. The van der Waals surface area contributed by atoms with Gasteiger partial charge in [-0.15, -0.1) is 11.8 Å². The number of rotatable bonds is 4. The van der Waals surface area contributed by atoms with Gasteiger partial charge in [-0.2, -0.15) is 0 Å². The highest BCUT2D eigenvalue weighted by atomic mass is 35.5. The van der Waals surface area contributed by atoms with Crippen molar-refractivity contribution in [2.45, 2.75) is 23.5 Å². The third-order valence-electron chi connectivity index (χ3n) is 3.84. The summed E-state index contributed by atoms with van der Waals surface area (Å²) in [6.45, 7) is 3.44. The van der Waals surface area contributed by atoms with Crippen molar-refractivity contribution in [3.63, 3.8) is 0 Å². The molecular formula is C18H19ClN2OS. The van der Waals surface area contributed by atoms with Crippen LogP contribution in [0, 0.1) is 0 Å². The minimum absolute atomic E-state index is 0.0103. The number of anilines is 2. The van der Waals surface area contributed by atoms with E-state index in [0.717, 1.165) is 24.3 Å². The lowest BCUT2D eigenvalue weighted by atomic mass is 10.2. The Balaban J connectivity index is 1.71. The number of amides is 1. The van der Waals surface area contributed by atoms with E-state index < -0.39 is 0 Å². The Morgan fingerprint density at radius 2 is 2.00 bits per heavy atom. The molecule has 3 rings (SSSR count). The molecule has 0 spiro atoms. The van der Waals surface area contributed by atoms with Gasteiger partial charge in [-0.25, -0.2) is 0 Å². The first-order valence-corrected chi connectivity index (χ1v) is 8.97. The Labute approximate surface area is 146 Å². The molecule has 23 heavy (non-hydrogen) atoms. The number of para-hydroxylation sites is 1. The number of hydrogen-bond acceptors (Lipinski definition) is 3. The number of carbonyl (C=O) groups is 1. The third kappa shape index (κ3) is 4.01. The Morgan fingerprint density at radius 1 is 1.26 bits per heavy atom. The summed E-state index contributed by atoms with van der Waals surface area (Å²) in [7, 11) is 0. The Hall–Kier alpha value is -1.65. The molecular weight excluding hydrogens is 328 g/mol. The van der Waals surface area contributed by atoms with Crippen LogP contribution in [0.4, 0.5) is 11.4 Å². The second-order valence-corrected chi connectivity index (χ2v) is 7.33. The summed E-state index contributed by atoms with van der Waals surface area (Å²) in [5.74, 6) is -0.0103. The highest BCUT2D eigenvalue weighted by molar-refractivity contribution is 8.00. The maximum Gasteiger partial charge on any atom is 0.243 e. The van der Waals surface area contributed by atoms with Gasteiger partial charge in [-0.1, -0.05) is 30.7 Å². The normalized spacial score (nSPS) is 16.8. The Morgan fingerprint density at radius 3 is 2.74 bits per heavy atom. The maximum absolute atomic E-state index is 12.4. The lowest BCUT2D eigenvalue weighted by molar-refractivity contribution is -0.115. The van der Waals surface area contributed by atoms with E-state index in [4.69, 9.17) is 11.6 Å². The molecule has 2 aromatic carbocycles. The zero-order valence-corrected chi connectivity index (χ0v) is 14.5. The van der Waals surface area contributed by atoms with Crippen molar-refractivity contribution in [3.8, 4) is 0 Å². The molecule has 1 aliphatic heterocycles. The van der Waals surface area contributed by atoms with Crippen molar-refractivity contribution < 1.29 is 4.79 Å². The minimum Gasteiger partial charge on any atom is -0.360 e. The van der Waals surface area contributed by atoms with Crippen LogP contribution < -0.4 is 10.2 Å². The predicted molar refractivity (Wildman–Crippen MR) is 98.7 cm³/mol. The summed E-state index contributed by atoms with van der Waals surface area (Å²) in [5, 5.41) is 4.12. The number of carbonyl (C=O) groups excluding carboxylic acids is 1. The van der Waals surface area contributed by atoms with Gasteiger partial charge in [0.1, 0.15) is 0 Å². The van der Waals surface area contributed by atoms with Gasteiger partial charge in [0.15, 0.2) is 0 Å². The number of nitrogens with one attached hydrogen (secondary N) is 1. The first-order valence-electron chi connectivity index (χ1n) is 7.71. The second kappa shape index (κ2) is 7.28. The first kappa shape index (κ1) is 16.2. The number of thioether (sulfide) groups is 1. The molecule has 120 valence electrons. The largest absolute Gasteiger partial charge is 0.360 e. The van der Waals surface area contributed by atoms with Crippen LogP contribution in [0.5, 0.6) is 0 Å². The summed E-state index contributed by atoms with van der Waals surface area (Å²) in [5.41, 5.74) is 1.92. The highest BCUT2D eigenvalue weighted by Gasteiger charge is 2.25. The molecule has 0 saturated carbocycles. The van der Waals surface area contributed by atoms with Crippen molar-refractivity contribution in [3.05, 3.63) is 53.6 Å². The van der Waals surface area contributed by atoms with Gasteiger partial charge in [0.05, 0.1) is 12.2 Å². The lowest BCUT2D eigenvalue weighted by Crippen LogP contribution is -2.40. The van der Waals surface area contributed by atoms with Gasteiger partial charge in [0, 0.05) is 27.4 Å². The molecule has 2 aromatic rings. The van der Waals surface area contributed by atoms with E-state index in [9.17, 15) is 4.79 Å². The van der Waals surface area contributed by atoms with E-state index >= 15 is 0 Å². The molecule has 1 amide bonds. The fraction of sp³-hybridized carbons (Fsp3) is 0.278. The van der Waals surface area contributed by atoms with Gasteiger partial charge in [-0.3, -0.25) is 4.79 Å². The average Bonchev–Trinajstić information content (AvgIpc) is 2.56. The van der Waals surface area contributed by atoms with Crippen LogP contribution in [0.15, 0.2) is 53.4 Å². The van der Waals surface area contributed by atoms with E-state index in [0.29, 0.717) is 16.8 Å². The zero-order chi connectivity index (χ0) is 16.2. The lowest BCUT2D eigenvalue weighted by Gasteiger charge is -2.34. The van der Waals surface area contributed by atoms with E-state index in [1.165, 1.54) is 4.90 Å². The van der Waals surface area contributed by atoms with Crippen molar-refractivity contribution in [1.29, 1.82) is 0 Å². The van der Waals surface area contributed by atoms with Crippen molar-refractivity contribution >= 4 is 40.6 Å². The monoisotopic (exact) mass is 346 g/mol. The van der Waals surface area contributed by atoms with Crippen LogP contribution in [0.3, 0.4) is 0 Å². The average molecular weight is 347 g/mol. The summed E-state index contributed by atoms with van der Waals surface area (Å²) >= 11 is 7.77. The van der Waals surface area contributed by atoms with Gasteiger partial charge < -0.3 is 10.2 Å². The molecule has 0 unspecified atom stereocenters. The fourth-order valence-corrected chi connectivity index (χ4v) is 4.03. The molecule has 1 aliphatic rings. The maximum atomic E-state index is 12.4. The van der Waals surface area contributed by atoms with Gasteiger partial charge >= 0.3 is 0 Å². The first-order chi connectivity index (χ1) is 11.2. The second-order valence-electron chi connectivity index (χ2n) is 5.55. The van der Waals surface area contributed by atoms with Crippen LogP contribution in [-0.4, -0.2) is 24.2 Å². The number of halogens is 1. The van der Waals surface area contributed by atoms with E-state index in [1.807, 2.05) is 30.0 Å². The molecule has 0 aromatic heterocycles. The fourth-order valence-electron chi connectivity index (χ4n) is 2.65. The number of nitrogens with zero attached hydrogens (tertiary/aromatic N) is 1. The third-order valence-corrected chi connectivity index (χ3v) is 5.51. The summed E-state index contributed by atoms with van der Waals surface area (Å²) in [4.78, 5) is 15.8. The summed E-state index contributed by atoms with van der Waals surface area (Å²) < 4.78 is 0. The number of benzene rings is 2. The minimum atomic E-state index is -0.0103. The zero-order valence-electron chi connectivity index (χ0n) is 13.0. The Bertz CT molecular complexity index is 690. The Kier molecular flexibility index (Phi) is 5.13. The van der Waals surface area contributed by atoms with Crippen molar-refractivity contribution in [2.75, 3.05) is 23.3 Å². The molecule has 0 bridgehead atoms. The topological polar surface area (TPSA) is 32.3 Å². The summed E-state index contributed by atoms with van der Waals surface area (Å²) in [6.07, 6.45) is 1.09. The van der Waals surface area contributed by atoms with Gasteiger partial charge in [0.2, 0.25) is 5.91 Å². The van der Waals surface area contributed by atoms with Crippen LogP contribution in [0.25, 0.3) is 0 Å². The van der Waals surface area contributed by atoms with Gasteiger partial charge in [0.25, 0.3) is 0 Å². The van der Waals surface area contributed by atoms with Crippen molar-refractivity contribution in [2.24, 2.45) is 0 Å². The highest BCUT2D eigenvalue weighted by Crippen LogP contribution is 2.39. The molecule has 0 radical (unpaired) electrons. The van der Waals surface area contributed by atoms with Crippen molar-refractivity contribution in [1.82, 2.24) is 0 Å². The van der Waals surface area contributed by atoms with E-state index in [2.05, 4.69) is 35.3 Å². The predicted octanol–water partition coefficient (Wildman–Crippen LogP) is 4.67. The molecule has 1 N–H and O–H groups in total. The smallest absolute Gasteiger partial charge is 0.243 e.